The molecule has 2 unspecified atom stereocenters. The number of nitrogens with one attached hydrogen (secondary N) is 1. The maximum atomic E-state index is 13.2. The molecule has 206 valence electrons. The van der Waals surface area contributed by atoms with Crippen molar-refractivity contribution in [1.82, 2.24) is 14.9 Å². The lowest BCUT2D eigenvalue weighted by atomic mass is 9.81. The largest absolute Gasteiger partial charge is 0.494 e. The molecule has 11 heteroatoms. The van der Waals surface area contributed by atoms with E-state index >= 15 is 0 Å². The van der Waals surface area contributed by atoms with Crippen LogP contribution in [0.25, 0.3) is 10.9 Å². The Morgan fingerprint density at radius 1 is 1.33 bits per heavy atom. The van der Waals surface area contributed by atoms with Gasteiger partial charge in [0, 0.05) is 31.1 Å². The van der Waals surface area contributed by atoms with Crippen LogP contribution in [0.4, 0.5) is 5.82 Å². The number of aliphatic imine (C=N–C) groups is 2. The van der Waals surface area contributed by atoms with Crippen LogP contribution in [0.3, 0.4) is 0 Å². The van der Waals surface area contributed by atoms with Crippen molar-refractivity contribution >= 4 is 46.4 Å². The summed E-state index contributed by atoms with van der Waals surface area (Å²) in [5.41, 5.74) is 12.1. The van der Waals surface area contributed by atoms with Gasteiger partial charge < -0.3 is 26.1 Å². The van der Waals surface area contributed by atoms with Crippen LogP contribution in [0, 0.1) is 11.3 Å². The van der Waals surface area contributed by atoms with Crippen LogP contribution >= 0.6 is 0 Å². The minimum atomic E-state index is -0.612. The molecule has 5 N–H and O–H groups in total. The van der Waals surface area contributed by atoms with Crippen LogP contribution < -0.4 is 16.2 Å². The number of allylic oxidation sites excluding steroid dienone is 3. The van der Waals surface area contributed by atoms with Crippen molar-refractivity contribution in [3.63, 3.8) is 0 Å². The molecule has 0 spiro atoms. The summed E-state index contributed by atoms with van der Waals surface area (Å²) >= 11 is 0. The maximum Gasteiger partial charge on any atom is 0.230 e. The number of amidine groups is 1. The van der Waals surface area contributed by atoms with E-state index < -0.39 is 11.6 Å². The summed E-state index contributed by atoms with van der Waals surface area (Å²) in [6, 6.07) is 0. The van der Waals surface area contributed by atoms with Gasteiger partial charge in [-0.3, -0.25) is 14.4 Å². The number of aromatic nitrogens is 2. The number of nitrogens with zero attached hydrogens (tertiary/aromatic N) is 4. The van der Waals surface area contributed by atoms with Crippen LogP contribution in [0.5, 0.6) is 5.75 Å². The molecule has 0 radical (unpaired) electrons. The van der Waals surface area contributed by atoms with Crippen LogP contribution in [0.2, 0.25) is 0 Å². The van der Waals surface area contributed by atoms with Crippen LogP contribution in [-0.2, 0) is 9.59 Å². The first-order valence-electron chi connectivity index (χ1n) is 13.0. The van der Waals surface area contributed by atoms with Crippen molar-refractivity contribution in [2.24, 2.45) is 32.8 Å². The van der Waals surface area contributed by atoms with Crippen molar-refractivity contribution in [2.45, 2.75) is 39.0 Å². The highest BCUT2D eigenvalue weighted by atomic mass is 16.5. The third-order valence-electron chi connectivity index (χ3n) is 7.41. The van der Waals surface area contributed by atoms with Gasteiger partial charge in [0.15, 0.2) is 5.82 Å². The number of nitrogens with two attached hydrogens (primary N) is 2. The number of H-pyrrole nitrogens is 1. The van der Waals surface area contributed by atoms with Gasteiger partial charge in [0.05, 0.1) is 41.5 Å². The molecule has 2 atom stereocenters. The number of rotatable bonds is 11. The number of amides is 1. The van der Waals surface area contributed by atoms with E-state index in [0.29, 0.717) is 61.4 Å². The fourth-order valence-electron chi connectivity index (χ4n) is 5.19. The highest BCUT2D eigenvalue weighted by Crippen LogP contribution is 2.37. The zero-order chi connectivity index (χ0) is 28.0. The molecule has 0 aromatic carbocycles. The Morgan fingerprint density at radius 3 is 2.85 bits per heavy atom. The van der Waals surface area contributed by atoms with E-state index in [-0.39, 0.29) is 35.0 Å². The summed E-state index contributed by atoms with van der Waals surface area (Å²) in [6.45, 7) is 3.27. The number of likely N-dealkylation sites (tertiary alicyclic amines) is 1. The molecule has 2 aromatic rings. The SMILES string of the molecule is COc1cnc(N=CN=C(C)N)c2[nH]cc(C(=O)C(=O)CCCC3(CN)CCN(C(=O)C4C=CC=CC4)C3)c12. The van der Waals surface area contributed by atoms with E-state index in [0.717, 1.165) is 6.42 Å². The molecule has 0 saturated carbocycles. The van der Waals surface area contributed by atoms with E-state index in [1.807, 2.05) is 29.2 Å². The molecule has 1 amide bonds. The average Bonchev–Trinajstić information content (AvgIpc) is 3.58. The molecule has 39 heavy (non-hydrogen) atoms. The number of aromatic amines is 1. The normalized spacial score (nSPS) is 21.3. The Labute approximate surface area is 227 Å². The second-order valence-electron chi connectivity index (χ2n) is 10.1. The highest BCUT2D eigenvalue weighted by Gasteiger charge is 2.40. The second kappa shape index (κ2) is 12.2. The number of fused-ring (bicyclic) bond motifs is 1. The van der Waals surface area contributed by atoms with E-state index in [2.05, 4.69) is 20.0 Å². The summed E-state index contributed by atoms with van der Waals surface area (Å²) in [4.78, 5) is 56.3. The predicted molar refractivity (Wildman–Crippen MR) is 150 cm³/mol. The monoisotopic (exact) mass is 533 g/mol. The molecular weight excluding hydrogens is 498 g/mol. The zero-order valence-electron chi connectivity index (χ0n) is 22.4. The lowest BCUT2D eigenvalue weighted by Gasteiger charge is -2.29. The lowest BCUT2D eigenvalue weighted by Crippen LogP contribution is -2.39. The molecule has 3 heterocycles. The molecule has 11 nitrogen and oxygen atoms in total. The Hall–Kier alpha value is -4.12. The highest BCUT2D eigenvalue weighted by molar-refractivity contribution is 6.46. The Morgan fingerprint density at radius 2 is 2.15 bits per heavy atom. The Bertz CT molecular complexity index is 1370. The molecule has 1 aliphatic heterocycles. The van der Waals surface area contributed by atoms with Gasteiger partial charge in [-0.05, 0) is 39.2 Å². The van der Waals surface area contributed by atoms with Crippen molar-refractivity contribution in [2.75, 3.05) is 26.7 Å². The third kappa shape index (κ3) is 6.14. The van der Waals surface area contributed by atoms with Crippen molar-refractivity contribution in [1.29, 1.82) is 0 Å². The second-order valence-corrected chi connectivity index (χ2v) is 10.1. The standard InChI is InChI=1S/C28H35N7O4/c1-18(30)33-17-34-26-24-23(22(39-2)14-32-26)20(13-31-24)25(37)21(36)9-6-10-28(15-29)11-12-35(16-28)27(38)19-7-4-3-5-8-19/h3-5,7,13-14,17,19,31H,6,8-12,15-16,29H2,1-2H3,(H2,30,32,33,34). The zero-order valence-corrected chi connectivity index (χ0v) is 22.4. The predicted octanol–water partition coefficient (Wildman–Crippen LogP) is 2.84. The summed E-state index contributed by atoms with van der Waals surface area (Å²) < 4.78 is 5.40. The average molecular weight is 534 g/mol. The first kappa shape index (κ1) is 27.9. The molecule has 4 rings (SSSR count). The summed E-state index contributed by atoms with van der Waals surface area (Å²) in [5.74, 6) is -0.153. The minimum absolute atomic E-state index is 0.0836. The molecule has 2 aromatic heterocycles. The number of methoxy groups -OCH3 is 1. The maximum absolute atomic E-state index is 13.2. The lowest BCUT2D eigenvalue weighted by molar-refractivity contribution is -0.133. The first-order valence-corrected chi connectivity index (χ1v) is 13.0. The minimum Gasteiger partial charge on any atom is -0.494 e. The number of ether oxygens (including phenoxy) is 1. The number of carbonyl (C=O) groups is 3. The molecule has 2 aliphatic rings. The molecular formula is C28H35N7O4. The fraction of sp³-hybridized carbons (Fsp3) is 0.429. The molecule has 1 fully saturated rings. The van der Waals surface area contributed by atoms with Crippen molar-refractivity contribution < 1.29 is 19.1 Å². The van der Waals surface area contributed by atoms with Gasteiger partial charge in [-0.15, -0.1) is 0 Å². The van der Waals surface area contributed by atoms with Gasteiger partial charge >= 0.3 is 0 Å². The smallest absolute Gasteiger partial charge is 0.230 e. The summed E-state index contributed by atoms with van der Waals surface area (Å²) in [5, 5.41) is 0.432. The number of hydrogen-bond acceptors (Lipinski definition) is 7. The topological polar surface area (TPSA) is 169 Å². The first-order chi connectivity index (χ1) is 18.8. The fourth-order valence-corrected chi connectivity index (χ4v) is 5.19. The van der Waals surface area contributed by atoms with E-state index in [1.165, 1.54) is 25.8 Å². The number of ketones is 2. The summed E-state index contributed by atoms with van der Waals surface area (Å²) in [6.07, 6.45) is 14.7. The third-order valence-corrected chi connectivity index (χ3v) is 7.41. The van der Waals surface area contributed by atoms with Crippen LogP contribution in [0.1, 0.15) is 49.4 Å². The van der Waals surface area contributed by atoms with Gasteiger partial charge in [-0.1, -0.05) is 24.3 Å². The molecule has 0 bridgehead atoms. The number of Topliss-reactive ketones (excluding diaryl/α,β-unsaturated/α-hetero) is 2. The van der Waals surface area contributed by atoms with Crippen molar-refractivity contribution in [3.05, 3.63) is 42.3 Å². The van der Waals surface area contributed by atoms with E-state index in [1.54, 1.807) is 6.92 Å². The van der Waals surface area contributed by atoms with Gasteiger partial charge in [0.25, 0.3) is 0 Å². The van der Waals surface area contributed by atoms with Gasteiger partial charge in [-0.25, -0.2) is 15.0 Å². The summed E-state index contributed by atoms with van der Waals surface area (Å²) in [7, 11) is 1.47. The van der Waals surface area contributed by atoms with Crippen LogP contribution in [0.15, 0.2) is 46.7 Å². The van der Waals surface area contributed by atoms with Gasteiger partial charge in [0.1, 0.15) is 12.1 Å². The van der Waals surface area contributed by atoms with E-state index in [4.69, 9.17) is 16.2 Å². The van der Waals surface area contributed by atoms with E-state index in [9.17, 15) is 14.4 Å². The van der Waals surface area contributed by atoms with Crippen molar-refractivity contribution in [3.8, 4) is 5.75 Å². The number of carbonyl (C=O) groups excluding carboxylic acids is 3. The van der Waals surface area contributed by atoms with Gasteiger partial charge in [-0.2, -0.15) is 0 Å². The van der Waals surface area contributed by atoms with Crippen LogP contribution in [-0.4, -0.2) is 71.3 Å². The Kier molecular flexibility index (Phi) is 8.70. The molecule has 1 aliphatic carbocycles. The van der Waals surface area contributed by atoms with Gasteiger partial charge in [0.2, 0.25) is 17.5 Å². The quantitative estimate of drug-likeness (QED) is 0.173. The number of hydrogen-bond donors (Lipinski definition) is 3. The number of pyridine rings is 1. The Balaban J connectivity index is 1.41. The molecule has 1 saturated heterocycles.